The van der Waals surface area contributed by atoms with E-state index in [-0.39, 0.29) is 11.9 Å². The summed E-state index contributed by atoms with van der Waals surface area (Å²) in [7, 11) is 0. The molecule has 26 heavy (non-hydrogen) atoms. The normalized spacial score (nSPS) is 10.8. The maximum atomic E-state index is 5.89. The fourth-order valence-corrected chi connectivity index (χ4v) is 2.93. The molecule has 0 aliphatic heterocycles. The summed E-state index contributed by atoms with van der Waals surface area (Å²) in [5.41, 5.74) is 12.4. The fraction of sp³-hybridized carbons (Fsp3) is 0.550. The van der Waals surface area contributed by atoms with Crippen LogP contribution in [0.4, 0.5) is 5.95 Å². The van der Waals surface area contributed by atoms with E-state index in [9.17, 15) is 0 Å². The third-order valence-electron chi connectivity index (χ3n) is 4.34. The summed E-state index contributed by atoms with van der Waals surface area (Å²) in [6.45, 7) is 4.91. The number of ether oxygens (including phenoxy) is 1. The summed E-state index contributed by atoms with van der Waals surface area (Å²) in [6, 6.07) is 5.83. The second-order valence-corrected chi connectivity index (χ2v) is 6.65. The molecule has 1 aromatic heterocycles. The van der Waals surface area contributed by atoms with Crippen LogP contribution in [0.15, 0.2) is 23.2 Å². The zero-order valence-corrected chi connectivity index (χ0v) is 16.0. The van der Waals surface area contributed by atoms with E-state index in [0.717, 1.165) is 35.4 Å². The Bertz CT molecular complexity index is 725. The lowest BCUT2D eigenvalue weighted by Gasteiger charge is -2.08. The van der Waals surface area contributed by atoms with Crippen LogP contribution in [0.5, 0.6) is 5.75 Å². The van der Waals surface area contributed by atoms with Crippen molar-refractivity contribution in [1.82, 2.24) is 9.97 Å². The van der Waals surface area contributed by atoms with E-state index >= 15 is 0 Å². The van der Waals surface area contributed by atoms with Crippen LogP contribution in [-0.2, 0) is 0 Å². The summed E-state index contributed by atoms with van der Waals surface area (Å²) >= 11 is 0. The van der Waals surface area contributed by atoms with Gasteiger partial charge in [-0.15, -0.1) is 0 Å². The first-order valence-corrected chi connectivity index (χ1v) is 9.61. The van der Waals surface area contributed by atoms with Crippen LogP contribution in [-0.4, -0.2) is 22.5 Å². The summed E-state index contributed by atoms with van der Waals surface area (Å²) in [5.74, 6) is 1.08. The van der Waals surface area contributed by atoms with Gasteiger partial charge in [0.1, 0.15) is 5.75 Å². The summed E-state index contributed by atoms with van der Waals surface area (Å²) in [6.07, 6.45) is 10.3. The van der Waals surface area contributed by atoms with E-state index in [4.69, 9.17) is 16.2 Å². The lowest BCUT2D eigenvalue weighted by Crippen LogP contribution is -2.22. The predicted octanol–water partition coefficient (Wildman–Crippen LogP) is 4.36. The van der Waals surface area contributed by atoms with Gasteiger partial charge in [0.15, 0.2) is 5.96 Å². The third-order valence-corrected chi connectivity index (χ3v) is 4.34. The van der Waals surface area contributed by atoms with Crippen molar-refractivity contribution >= 4 is 22.8 Å². The highest BCUT2D eigenvalue weighted by Gasteiger charge is 2.06. The summed E-state index contributed by atoms with van der Waals surface area (Å²) in [5, 5.41) is 0.952. The Hall–Kier alpha value is -2.37. The van der Waals surface area contributed by atoms with Gasteiger partial charge in [-0.3, -0.25) is 0 Å². The highest BCUT2D eigenvalue weighted by molar-refractivity contribution is 5.84. The van der Waals surface area contributed by atoms with Crippen molar-refractivity contribution in [2.75, 3.05) is 6.61 Å². The van der Waals surface area contributed by atoms with Crippen LogP contribution in [0.25, 0.3) is 10.9 Å². The third kappa shape index (κ3) is 6.50. The Morgan fingerprint density at radius 3 is 2.38 bits per heavy atom. The molecule has 1 heterocycles. The molecule has 2 aromatic rings. The van der Waals surface area contributed by atoms with E-state index in [0.29, 0.717) is 0 Å². The molecule has 1 aromatic carbocycles. The minimum atomic E-state index is -0.0472. The van der Waals surface area contributed by atoms with Gasteiger partial charge in [0.2, 0.25) is 0 Å². The molecule has 0 bridgehead atoms. The quantitative estimate of drug-likeness (QED) is 0.353. The zero-order valence-electron chi connectivity index (χ0n) is 16.0. The Kier molecular flexibility index (Phi) is 8.12. The zero-order chi connectivity index (χ0) is 18.8. The molecule has 0 unspecified atom stereocenters. The molecule has 0 radical (unpaired) electrons. The molecule has 2 rings (SSSR count). The molecule has 0 spiro atoms. The number of unbranched alkanes of at least 4 members (excludes halogenated alkanes) is 7. The molecule has 0 aliphatic carbocycles. The van der Waals surface area contributed by atoms with E-state index < -0.39 is 0 Å². The maximum Gasteiger partial charge on any atom is 0.253 e. The molecular formula is C20H31N5O. The molecule has 0 fully saturated rings. The van der Waals surface area contributed by atoms with E-state index in [1.807, 2.05) is 25.1 Å². The van der Waals surface area contributed by atoms with Crippen LogP contribution in [0.3, 0.4) is 0 Å². The van der Waals surface area contributed by atoms with Gasteiger partial charge < -0.3 is 16.2 Å². The van der Waals surface area contributed by atoms with Crippen LogP contribution < -0.4 is 16.2 Å². The second-order valence-electron chi connectivity index (χ2n) is 6.65. The molecule has 6 heteroatoms. The van der Waals surface area contributed by atoms with Crippen molar-refractivity contribution in [3.63, 3.8) is 0 Å². The first-order valence-electron chi connectivity index (χ1n) is 9.61. The fourth-order valence-electron chi connectivity index (χ4n) is 2.93. The van der Waals surface area contributed by atoms with E-state index in [1.165, 1.54) is 44.9 Å². The van der Waals surface area contributed by atoms with Gasteiger partial charge in [-0.05, 0) is 31.5 Å². The van der Waals surface area contributed by atoms with Gasteiger partial charge in [0.25, 0.3) is 5.95 Å². The Morgan fingerprint density at radius 2 is 1.69 bits per heavy atom. The van der Waals surface area contributed by atoms with Crippen LogP contribution in [0.1, 0.15) is 64.0 Å². The standard InChI is InChI=1S/C20H31N5O/c1-3-4-5-6-7-8-9-10-13-26-16-11-12-18-17(14-16)15(2)23-20(24-18)25-19(21)22/h11-12,14H,3-10,13H2,1-2H3,(H4,21,22,23,24,25). The van der Waals surface area contributed by atoms with Crippen molar-refractivity contribution in [3.8, 4) is 5.75 Å². The Balaban J connectivity index is 1.82. The van der Waals surface area contributed by atoms with Gasteiger partial charge >= 0.3 is 0 Å². The number of nitrogens with zero attached hydrogens (tertiary/aromatic N) is 3. The summed E-state index contributed by atoms with van der Waals surface area (Å²) in [4.78, 5) is 12.6. The number of guanidine groups is 1. The minimum absolute atomic E-state index is 0.0472. The largest absolute Gasteiger partial charge is 0.494 e. The van der Waals surface area contributed by atoms with Gasteiger partial charge in [-0.1, -0.05) is 51.9 Å². The SMILES string of the molecule is CCCCCCCCCCOc1ccc2nc(N=C(N)N)nc(C)c2c1. The van der Waals surface area contributed by atoms with Gasteiger partial charge in [0, 0.05) is 5.39 Å². The number of fused-ring (bicyclic) bond motifs is 1. The molecule has 142 valence electrons. The number of hydrogen-bond donors (Lipinski definition) is 2. The van der Waals surface area contributed by atoms with Crippen molar-refractivity contribution in [2.45, 2.75) is 65.2 Å². The summed E-state index contributed by atoms with van der Waals surface area (Å²) < 4.78 is 5.89. The van der Waals surface area contributed by atoms with Crippen molar-refractivity contribution in [2.24, 2.45) is 16.5 Å². The first kappa shape index (κ1) is 19.9. The number of rotatable bonds is 11. The molecule has 0 amide bonds. The van der Waals surface area contributed by atoms with Gasteiger partial charge in [0.05, 0.1) is 17.8 Å². The highest BCUT2D eigenvalue weighted by Crippen LogP contribution is 2.24. The number of nitrogens with two attached hydrogens (primary N) is 2. The lowest BCUT2D eigenvalue weighted by molar-refractivity contribution is 0.304. The van der Waals surface area contributed by atoms with Crippen molar-refractivity contribution in [1.29, 1.82) is 0 Å². The van der Waals surface area contributed by atoms with Gasteiger partial charge in [-0.25, -0.2) is 9.97 Å². The van der Waals surface area contributed by atoms with E-state index in [1.54, 1.807) is 0 Å². The van der Waals surface area contributed by atoms with Crippen LogP contribution >= 0.6 is 0 Å². The molecule has 0 atom stereocenters. The van der Waals surface area contributed by atoms with Crippen LogP contribution in [0, 0.1) is 6.92 Å². The Morgan fingerprint density at radius 1 is 1.00 bits per heavy atom. The van der Waals surface area contributed by atoms with Crippen LogP contribution in [0.2, 0.25) is 0 Å². The maximum absolute atomic E-state index is 5.89. The molecule has 4 N–H and O–H groups in total. The number of hydrogen-bond acceptors (Lipinski definition) is 4. The molecule has 0 saturated carbocycles. The lowest BCUT2D eigenvalue weighted by atomic mass is 10.1. The molecule has 6 nitrogen and oxygen atoms in total. The number of benzene rings is 1. The highest BCUT2D eigenvalue weighted by atomic mass is 16.5. The number of aliphatic imine (C=N–C) groups is 1. The molecular weight excluding hydrogens is 326 g/mol. The smallest absolute Gasteiger partial charge is 0.253 e. The Labute approximate surface area is 156 Å². The second kappa shape index (κ2) is 10.6. The van der Waals surface area contributed by atoms with Crippen molar-refractivity contribution < 1.29 is 4.74 Å². The number of aromatic nitrogens is 2. The monoisotopic (exact) mass is 357 g/mol. The average Bonchev–Trinajstić information content (AvgIpc) is 2.60. The minimum Gasteiger partial charge on any atom is -0.494 e. The predicted molar refractivity (Wildman–Crippen MR) is 108 cm³/mol. The average molecular weight is 358 g/mol. The molecule has 0 saturated heterocycles. The first-order chi connectivity index (χ1) is 12.6. The van der Waals surface area contributed by atoms with E-state index in [2.05, 4.69) is 21.9 Å². The van der Waals surface area contributed by atoms with Gasteiger partial charge in [-0.2, -0.15) is 4.99 Å². The number of aryl methyl sites for hydroxylation is 1. The van der Waals surface area contributed by atoms with Crippen molar-refractivity contribution in [3.05, 3.63) is 23.9 Å². The molecule has 0 aliphatic rings. The topological polar surface area (TPSA) is 99.4 Å².